The van der Waals surface area contributed by atoms with Crippen LogP contribution in [0.3, 0.4) is 0 Å². The molecule has 0 unspecified atom stereocenters. The van der Waals surface area contributed by atoms with Gasteiger partial charge in [-0.2, -0.15) is 0 Å². The topological polar surface area (TPSA) is 54.8 Å². The molecular formula is C19H19N5. The minimum Gasteiger partial charge on any atom is -0.356 e. The molecule has 4 rings (SSSR count). The Labute approximate surface area is 141 Å². The van der Waals surface area contributed by atoms with Gasteiger partial charge in [0.05, 0.1) is 5.69 Å². The van der Waals surface area contributed by atoms with Gasteiger partial charge in [0, 0.05) is 55.1 Å². The second-order valence-corrected chi connectivity index (χ2v) is 5.96. The molecular weight excluding hydrogens is 298 g/mol. The summed E-state index contributed by atoms with van der Waals surface area (Å²) in [7, 11) is 0. The van der Waals surface area contributed by atoms with Crippen LogP contribution in [0.15, 0.2) is 55.1 Å². The summed E-state index contributed by atoms with van der Waals surface area (Å²) in [6.45, 7) is 2.11. The van der Waals surface area contributed by atoms with E-state index < -0.39 is 0 Å². The maximum Gasteiger partial charge on any atom is 0.163 e. The fourth-order valence-electron chi connectivity index (χ4n) is 3.01. The van der Waals surface area contributed by atoms with Crippen molar-refractivity contribution in [2.24, 2.45) is 0 Å². The minimum absolute atomic E-state index is 0.720. The Morgan fingerprint density at radius 3 is 2.38 bits per heavy atom. The van der Waals surface area contributed by atoms with E-state index in [9.17, 15) is 0 Å². The van der Waals surface area contributed by atoms with E-state index in [1.807, 2.05) is 30.5 Å². The first-order chi connectivity index (χ1) is 11.9. The number of hydrogen-bond donors (Lipinski definition) is 0. The Bertz CT molecular complexity index is 741. The second-order valence-electron chi connectivity index (χ2n) is 5.96. The molecule has 1 aliphatic rings. The molecule has 5 heteroatoms. The first-order valence-corrected chi connectivity index (χ1v) is 8.35. The Hall–Kier alpha value is -2.82. The van der Waals surface area contributed by atoms with Crippen molar-refractivity contribution in [2.75, 3.05) is 18.0 Å². The standard InChI is InChI=1S/C19H19N5/c1-2-11-24(12-3-1)18-13-17(15-6-9-20-10-7-15)22-19(23-18)16-5-4-8-21-14-16/h4-10,13-14H,1-3,11-12H2. The van der Waals surface area contributed by atoms with Crippen molar-refractivity contribution < 1.29 is 0 Å². The number of pyridine rings is 2. The van der Waals surface area contributed by atoms with Gasteiger partial charge in [0.25, 0.3) is 0 Å². The highest BCUT2D eigenvalue weighted by Gasteiger charge is 2.16. The molecule has 1 saturated heterocycles. The van der Waals surface area contributed by atoms with Gasteiger partial charge < -0.3 is 4.90 Å². The lowest BCUT2D eigenvalue weighted by Crippen LogP contribution is -2.30. The molecule has 4 heterocycles. The molecule has 0 N–H and O–H groups in total. The Balaban J connectivity index is 1.81. The maximum absolute atomic E-state index is 4.81. The third-order valence-electron chi connectivity index (χ3n) is 4.29. The highest BCUT2D eigenvalue weighted by molar-refractivity contribution is 5.67. The molecule has 120 valence electrons. The number of aromatic nitrogens is 4. The summed E-state index contributed by atoms with van der Waals surface area (Å²) in [5, 5.41) is 0. The zero-order valence-corrected chi connectivity index (χ0v) is 13.5. The molecule has 0 aliphatic carbocycles. The molecule has 0 radical (unpaired) electrons. The summed E-state index contributed by atoms with van der Waals surface area (Å²) in [6.07, 6.45) is 10.9. The van der Waals surface area contributed by atoms with Crippen molar-refractivity contribution >= 4 is 5.82 Å². The van der Waals surface area contributed by atoms with Crippen molar-refractivity contribution in [2.45, 2.75) is 19.3 Å². The maximum atomic E-state index is 4.81. The van der Waals surface area contributed by atoms with Crippen LogP contribution in [-0.2, 0) is 0 Å². The number of piperidine rings is 1. The van der Waals surface area contributed by atoms with E-state index >= 15 is 0 Å². The fourth-order valence-corrected chi connectivity index (χ4v) is 3.01. The smallest absolute Gasteiger partial charge is 0.163 e. The van der Waals surface area contributed by atoms with E-state index in [1.165, 1.54) is 19.3 Å². The van der Waals surface area contributed by atoms with Crippen molar-refractivity contribution in [1.29, 1.82) is 0 Å². The normalized spacial score (nSPS) is 14.6. The first-order valence-electron chi connectivity index (χ1n) is 8.35. The van der Waals surface area contributed by atoms with Crippen LogP contribution in [0.1, 0.15) is 19.3 Å². The lowest BCUT2D eigenvalue weighted by atomic mass is 10.1. The van der Waals surface area contributed by atoms with Crippen LogP contribution < -0.4 is 4.90 Å². The van der Waals surface area contributed by atoms with Crippen LogP contribution in [-0.4, -0.2) is 33.0 Å². The molecule has 3 aromatic rings. The van der Waals surface area contributed by atoms with Gasteiger partial charge in [0.15, 0.2) is 5.82 Å². The fraction of sp³-hybridized carbons (Fsp3) is 0.263. The number of rotatable bonds is 3. The first kappa shape index (κ1) is 14.8. The zero-order chi connectivity index (χ0) is 16.2. The molecule has 0 spiro atoms. The van der Waals surface area contributed by atoms with E-state index in [-0.39, 0.29) is 0 Å². The quantitative estimate of drug-likeness (QED) is 0.739. The summed E-state index contributed by atoms with van der Waals surface area (Å²) in [4.78, 5) is 20.2. The highest BCUT2D eigenvalue weighted by Crippen LogP contribution is 2.27. The van der Waals surface area contributed by atoms with Crippen LogP contribution in [0.5, 0.6) is 0 Å². The Morgan fingerprint density at radius 1 is 0.792 bits per heavy atom. The summed E-state index contributed by atoms with van der Waals surface area (Å²) in [5.74, 6) is 1.72. The Kier molecular flexibility index (Phi) is 4.14. The lowest BCUT2D eigenvalue weighted by Gasteiger charge is -2.28. The molecule has 24 heavy (non-hydrogen) atoms. The minimum atomic E-state index is 0.720. The average molecular weight is 317 g/mol. The summed E-state index contributed by atoms with van der Waals surface area (Å²) in [5.41, 5.74) is 2.91. The zero-order valence-electron chi connectivity index (χ0n) is 13.5. The van der Waals surface area contributed by atoms with E-state index in [4.69, 9.17) is 9.97 Å². The van der Waals surface area contributed by atoms with Gasteiger partial charge in [-0.05, 0) is 43.5 Å². The third-order valence-corrected chi connectivity index (χ3v) is 4.29. The average Bonchev–Trinajstić information content (AvgIpc) is 2.70. The lowest BCUT2D eigenvalue weighted by molar-refractivity contribution is 0.573. The number of anilines is 1. The van der Waals surface area contributed by atoms with Gasteiger partial charge in [-0.15, -0.1) is 0 Å². The van der Waals surface area contributed by atoms with Gasteiger partial charge in [0.2, 0.25) is 0 Å². The molecule has 0 amide bonds. The van der Waals surface area contributed by atoms with Gasteiger partial charge in [-0.1, -0.05) is 0 Å². The molecule has 0 saturated carbocycles. The van der Waals surface area contributed by atoms with Crippen molar-refractivity contribution in [3.05, 3.63) is 55.1 Å². The number of nitrogens with zero attached hydrogens (tertiary/aromatic N) is 5. The van der Waals surface area contributed by atoms with Gasteiger partial charge in [-0.3, -0.25) is 9.97 Å². The van der Waals surface area contributed by atoms with Crippen LogP contribution in [0.4, 0.5) is 5.82 Å². The largest absolute Gasteiger partial charge is 0.356 e. The van der Waals surface area contributed by atoms with Crippen LogP contribution in [0.25, 0.3) is 22.6 Å². The molecule has 0 bridgehead atoms. The van der Waals surface area contributed by atoms with Crippen molar-refractivity contribution in [1.82, 2.24) is 19.9 Å². The van der Waals surface area contributed by atoms with E-state index in [0.29, 0.717) is 0 Å². The van der Waals surface area contributed by atoms with E-state index in [2.05, 4.69) is 20.9 Å². The van der Waals surface area contributed by atoms with Gasteiger partial charge >= 0.3 is 0 Å². The molecule has 1 fully saturated rings. The number of hydrogen-bond acceptors (Lipinski definition) is 5. The monoisotopic (exact) mass is 317 g/mol. The summed E-state index contributed by atoms with van der Waals surface area (Å²) in [6, 6.07) is 9.96. The Morgan fingerprint density at radius 2 is 1.62 bits per heavy atom. The second kappa shape index (κ2) is 6.74. The summed E-state index contributed by atoms with van der Waals surface area (Å²) < 4.78 is 0. The van der Waals surface area contributed by atoms with Crippen LogP contribution in [0, 0.1) is 0 Å². The third kappa shape index (κ3) is 3.11. The van der Waals surface area contributed by atoms with Gasteiger partial charge in [0.1, 0.15) is 5.82 Å². The van der Waals surface area contributed by atoms with Gasteiger partial charge in [-0.25, -0.2) is 9.97 Å². The molecule has 3 aromatic heterocycles. The highest BCUT2D eigenvalue weighted by atomic mass is 15.2. The van der Waals surface area contributed by atoms with E-state index in [1.54, 1.807) is 18.6 Å². The predicted octanol–water partition coefficient (Wildman–Crippen LogP) is 3.59. The molecule has 5 nitrogen and oxygen atoms in total. The molecule has 0 aromatic carbocycles. The molecule has 1 aliphatic heterocycles. The summed E-state index contributed by atoms with van der Waals surface area (Å²) >= 11 is 0. The van der Waals surface area contributed by atoms with Crippen LogP contribution in [0.2, 0.25) is 0 Å². The molecule has 0 atom stereocenters. The SMILES string of the molecule is c1cncc(-c2nc(-c3ccncc3)cc(N3CCCCC3)n2)c1. The van der Waals surface area contributed by atoms with Crippen molar-refractivity contribution in [3.63, 3.8) is 0 Å². The predicted molar refractivity (Wildman–Crippen MR) is 94.6 cm³/mol. The van der Waals surface area contributed by atoms with E-state index in [0.717, 1.165) is 41.6 Å². The van der Waals surface area contributed by atoms with Crippen LogP contribution >= 0.6 is 0 Å². The van der Waals surface area contributed by atoms with Crippen molar-refractivity contribution in [3.8, 4) is 22.6 Å².